The van der Waals surface area contributed by atoms with Gasteiger partial charge in [-0.05, 0) is 43.4 Å². The SMILES string of the molecule is CCCCC(=O)N(CC1CC1)[C@@H]1C=C(C(=O)NCCO)[C@@H]2c3cc(C=O)cc(OC)c3O[C@@H]2[C@H]1O. The van der Waals surface area contributed by atoms with Gasteiger partial charge in [-0.1, -0.05) is 13.3 Å². The molecule has 3 aliphatic rings. The summed E-state index contributed by atoms with van der Waals surface area (Å²) in [6, 6.07) is 2.46. The van der Waals surface area contributed by atoms with Gasteiger partial charge in [0.2, 0.25) is 11.8 Å². The fourth-order valence-corrected chi connectivity index (χ4v) is 5.00. The lowest BCUT2D eigenvalue weighted by Crippen LogP contribution is -2.56. The number of rotatable bonds is 11. The van der Waals surface area contributed by atoms with E-state index in [4.69, 9.17) is 9.47 Å². The highest BCUT2D eigenvalue weighted by atomic mass is 16.5. The molecule has 9 nitrogen and oxygen atoms in total. The predicted molar refractivity (Wildman–Crippen MR) is 127 cm³/mol. The topological polar surface area (TPSA) is 125 Å². The third-order valence-electron chi connectivity index (χ3n) is 6.99. The summed E-state index contributed by atoms with van der Waals surface area (Å²) in [6.07, 6.45) is 4.50. The highest BCUT2D eigenvalue weighted by Gasteiger charge is 2.51. The highest BCUT2D eigenvalue weighted by Crippen LogP contribution is 2.51. The van der Waals surface area contributed by atoms with Gasteiger partial charge in [0.15, 0.2) is 11.5 Å². The highest BCUT2D eigenvalue weighted by molar-refractivity contribution is 5.96. The maximum absolute atomic E-state index is 13.2. The molecule has 3 N–H and O–H groups in total. The van der Waals surface area contributed by atoms with Crippen LogP contribution >= 0.6 is 0 Å². The van der Waals surface area contributed by atoms with E-state index >= 15 is 0 Å². The number of carbonyl (C=O) groups excluding carboxylic acids is 3. The minimum absolute atomic E-state index is 0.0519. The van der Waals surface area contributed by atoms with E-state index < -0.39 is 30.1 Å². The normalized spacial score (nSPS) is 24.5. The summed E-state index contributed by atoms with van der Waals surface area (Å²) in [7, 11) is 1.46. The molecule has 9 heteroatoms. The van der Waals surface area contributed by atoms with Crippen molar-refractivity contribution in [2.75, 3.05) is 26.8 Å². The second-order valence-electron chi connectivity index (χ2n) is 9.50. The number of aldehydes is 1. The van der Waals surface area contributed by atoms with Crippen LogP contribution in [0.4, 0.5) is 0 Å². The summed E-state index contributed by atoms with van der Waals surface area (Å²) in [5, 5.41) is 23.4. The Morgan fingerprint density at radius 2 is 2.09 bits per heavy atom. The van der Waals surface area contributed by atoms with Crippen molar-refractivity contribution in [2.24, 2.45) is 5.92 Å². The first kappa shape index (κ1) is 25.2. The van der Waals surface area contributed by atoms with E-state index in [1.165, 1.54) is 7.11 Å². The number of nitrogens with one attached hydrogen (secondary N) is 1. The molecule has 0 bridgehead atoms. The molecule has 0 spiro atoms. The quantitative estimate of drug-likeness (QED) is 0.405. The third-order valence-corrected chi connectivity index (χ3v) is 6.99. The van der Waals surface area contributed by atoms with Gasteiger partial charge < -0.3 is 29.9 Å². The van der Waals surface area contributed by atoms with Crippen LogP contribution in [0.3, 0.4) is 0 Å². The monoisotopic (exact) mass is 486 g/mol. The molecule has 4 rings (SSSR count). The van der Waals surface area contributed by atoms with Crippen molar-refractivity contribution in [3.63, 3.8) is 0 Å². The van der Waals surface area contributed by atoms with Crippen molar-refractivity contribution in [3.8, 4) is 11.5 Å². The lowest BCUT2D eigenvalue weighted by Gasteiger charge is -2.41. The second-order valence-corrected chi connectivity index (χ2v) is 9.50. The van der Waals surface area contributed by atoms with Gasteiger partial charge in [-0.2, -0.15) is 0 Å². The van der Waals surface area contributed by atoms with Gasteiger partial charge in [-0.3, -0.25) is 14.4 Å². The van der Waals surface area contributed by atoms with Crippen molar-refractivity contribution in [1.29, 1.82) is 0 Å². The molecule has 0 unspecified atom stereocenters. The summed E-state index contributed by atoms with van der Waals surface area (Å²) >= 11 is 0. The molecule has 190 valence electrons. The Bertz CT molecular complexity index is 1000. The summed E-state index contributed by atoms with van der Waals surface area (Å²) in [4.78, 5) is 39.7. The largest absolute Gasteiger partial charge is 0.493 e. The van der Waals surface area contributed by atoms with E-state index in [1.807, 2.05) is 6.92 Å². The van der Waals surface area contributed by atoms with E-state index in [-0.39, 0.29) is 19.1 Å². The zero-order valence-corrected chi connectivity index (χ0v) is 20.2. The average molecular weight is 487 g/mol. The Balaban J connectivity index is 1.77. The van der Waals surface area contributed by atoms with Crippen molar-refractivity contribution < 1.29 is 34.1 Å². The van der Waals surface area contributed by atoms with Crippen LogP contribution in [0, 0.1) is 5.92 Å². The van der Waals surface area contributed by atoms with Crippen LogP contribution in [0.5, 0.6) is 11.5 Å². The summed E-state index contributed by atoms with van der Waals surface area (Å²) in [5.41, 5.74) is 1.28. The van der Waals surface area contributed by atoms with E-state index in [2.05, 4.69) is 5.32 Å². The Hall–Kier alpha value is -2.91. The molecular formula is C26H34N2O7. The molecule has 1 aromatic carbocycles. The smallest absolute Gasteiger partial charge is 0.247 e. The van der Waals surface area contributed by atoms with E-state index in [0.29, 0.717) is 53.4 Å². The van der Waals surface area contributed by atoms with E-state index in [1.54, 1.807) is 23.1 Å². The predicted octanol–water partition coefficient (Wildman–Crippen LogP) is 1.56. The maximum Gasteiger partial charge on any atom is 0.247 e. The number of hydrogen-bond donors (Lipinski definition) is 3. The fourth-order valence-electron chi connectivity index (χ4n) is 5.00. The lowest BCUT2D eigenvalue weighted by molar-refractivity contribution is -0.137. The standard InChI is InChI=1S/C26H34N2O7/c1-3-4-5-21(31)28(13-15-6-7-15)19-12-18(26(33)27-8-9-29)22-17-10-16(14-30)11-20(34-2)24(17)35-25(22)23(19)32/h10-12,14-15,19,22-23,25,29,32H,3-9,13H2,1-2H3,(H,27,33)/t19-,22+,23+,25+/m1/s1. The number of aliphatic hydroxyl groups excluding tert-OH is 2. The molecule has 1 saturated carbocycles. The molecule has 35 heavy (non-hydrogen) atoms. The number of ether oxygens (including phenoxy) is 2. The molecule has 1 heterocycles. The molecular weight excluding hydrogens is 452 g/mol. The minimum Gasteiger partial charge on any atom is -0.493 e. The Morgan fingerprint density at radius 1 is 1.31 bits per heavy atom. The van der Waals surface area contributed by atoms with E-state index in [9.17, 15) is 24.6 Å². The molecule has 4 atom stereocenters. The number of benzene rings is 1. The van der Waals surface area contributed by atoms with Crippen LogP contribution in [0.15, 0.2) is 23.8 Å². The molecule has 0 aromatic heterocycles. The molecule has 0 radical (unpaired) electrons. The van der Waals surface area contributed by atoms with Gasteiger partial charge >= 0.3 is 0 Å². The van der Waals surface area contributed by atoms with Crippen LogP contribution in [0.2, 0.25) is 0 Å². The van der Waals surface area contributed by atoms with E-state index in [0.717, 1.165) is 25.7 Å². The van der Waals surface area contributed by atoms with Crippen LogP contribution in [0.25, 0.3) is 0 Å². The summed E-state index contributed by atoms with van der Waals surface area (Å²) in [5.74, 6) is -0.0135. The number of hydrogen-bond acceptors (Lipinski definition) is 7. The molecule has 2 aliphatic carbocycles. The van der Waals surface area contributed by atoms with Gasteiger partial charge in [-0.25, -0.2) is 0 Å². The van der Waals surface area contributed by atoms with Gasteiger partial charge in [0, 0.05) is 36.2 Å². The van der Waals surface area contributed by atoms with Crippen molar-refractivity contribution >= 4 is 18.1 Å². The Kier molecular flexibility index (Phi) is 7.76. The fraction of sp³-hybridized carbons (Fsp3) is 0.577. The molecule has 0 saturated heterocycles. The number of nitrogens with zero attached hydrogens (tertiary/aromatic N) is 1. The van der Waals surface area contributed by atoms with Crippen molar-refractivity contribution in [1.82, 2.24) is 10.2 Å². The molecule has 1 aromatic rings. The summed E-state index contributed by atoms with van der Waals surface area (Å²) < 4.78 is 11.6. The van der Waals surface area contributed by atoms with Crippen LogP contribution in [0.1, 0.15) is 60.9 Å². The van der Waals surface area contributed by atoms with Gasteiger partial charge in [0.25, 0.3) is 0 Å². The maximum atomic E-state index is 13.2. The first-order valence-electron chi connectivity index (χ1n) is 12.4. The Labute approximate surface area is 205 Å². The number of unbranched alkanes of at least 4 members (excludes halogenated alkanes) is 1. The van der Waals surface area contributed by atoms with Crippen LogP contribution < -0.4 is 14.8 Å². The summed E-state index contributed by atoms with van der Waals surface area (Å²) in [6.45, 7) is 2.38. The average Bonchev–Trinajstić information content (AvgIpc) is 3.61. The number of aliphatic hydroxyl groups is 2. The lowest BCUT2D eigenvalue weighted by atomic mass is 9.77. The van der Waals surface area contributed by atoms with Crippen molar-refractivity contribution in [3.05, 3.63) is 34.9 Å². The zero-order valence-electron chi connectivity index (χ0n) is 20.2. The Morgan fingerprint density at radius 3 is 2.71 bits per heavy atom. The number of amides is 2. The minimum atomic E-state index is -1.09. The molecule has 1 fully saturated rings. The second kappa shape index (κ2) is 10.8. The van der Waals surface area contributed by atoms with Crippen LogP contribution in [-0.4, -0.2) is 78.3 Å². The van der Waals surface area contributed by atoms with Gasteiger partial charge in [0.05, 0.1) is 25.7 Å². The molecule has 1 aliphatic heterocycles. The zero-order chi connectivity index (χ0) is 25.1. The van der Waals surface area contributed by atoms with Gasteiger partial charge in [-0.15, -0.1) is 0 Å². The molecule has 2 amide bonds. The number of fused-ring (bicyclic) bond motifs is 3. The number of carbonyl (C=O) groups is 3. The van der Waals surface area contributed by atoms with Crippen molar-refractivity contribution in [2.45, 2.75) is 63.2 Å². The first-order chi connectivity index (χ1) is 16.9. The first-order valence-corrected chi connectivity index (χ1v) is 12.4. The third kappa shape index (κ3) is 5.06. The van der Waals surface area contributed by atoms with Gasteiger partial charge in [0.1, 0.15) is 18.5 Å². The van der Waals surface area contributed by atoms with Crippen LogP contribution in [-0.2, 0) is 9.59 Å². The number of methoxy groups -OCH3 is 1.